The van der Waals surface area contributed by atoms with Crippen LogP contribution in [0.3, 0.4) is 0 Å². The Hall–Kier alpha value is -1.02. The number of carbonyl (C=O) groups is 1. The van der Waals surface area contributed by atoms with Crippen molar-refractivity contribution in [2.45, 2.75) is 51.2 Å². The van der Waals surface area contributed by atoms with Gasteiger partial charge in [0.15, 0.2) is 0 Å². The summed E-state index contributed by atoms with van der Waals surface area (Å²) in [5.74, 6) is 0.152. The van der Waals surface area contributed by atoms with E-state index in [1.54, 1.807) is 0 Å². The van der Waals surface area contributed by atoms with Crippen LogP contribution < -0.4 is 0 Å². The van der Waals surface area contributed by atoms with Gasteiger partial charge in [-0.05, 0) is 46.6 Å². The zero-order chi connectivity index (χ0) is 19.0. The van der Waals surface area contributed by atoms with Gasteiger partial charge in [0.25, 0.3) is 5.91 Å². The highest BCUT2D eigenvalue weighted by Crippen LogP contribution is 2.37. The number of aromatic nitrogens is 1. The summed E-state index contributed by atoms with van der Waals surface area (Å²) in [6, 6.07) is 0.640. The van der Waals surface area contributed by atoms with Crippen molar-refractivity contribution in [3.05, 3.63) is 15.6 Å². The summed E-state index contributed by atoms with van der Waals surface area (Å²) in [6.07, 6.45) is 4.19. The average molecular weight is 393 g/mol. The zero-order valence-electron chi connectivity index (χ0n) is 16.9. The number of hydrogen-bond donors (Lipinski definition) is 0. The molecule has 1 aromatic rings. The van der Waals surface area contributed by atoms with Gasteiger partial charge < -0.3 is 14.5 Å². The van der Waals surface area contributed by atoms with Crippen LogP contribution >= 0.6 is 11.3 Å². The Bertz CT molecular complexity index is 676. The smallest absolute Gasteiger partial charge is 0.265 e. The molecular formula is C20H32N4O2S. The molecule has 4 heterocycles. The molecule has 1 aromatic heterocycles. The highest BCUT2D eigenvalue weighted by molar-refractivity contribution is 7.13. The molecule has 0 aromatic carbocycles. The largest absolute Gasteiger partial charge is 0.375 e. The molecule has 1 unspecified atom stereocenters. The maximum Gasteiger partial charge on any atom is 0.265 e. The molecule has 4 rings (SSSR count). The first-order valence-corrected chi connectivity index (χ1v) is 11.1. The molecule has 1 amide bonds. The number of likely N-dealkylation sites (N-methyl/N-ethyl adjacent to an activating group) is 1. The first kappa shape index (κ1) is 19.3. The van der Waals surface area contributed by atoms with Crippen molar-refractivity contribution in [3.63, 3.8) is 0 Å². The lowest BCUT2D eigenvalue weighted by Gasteiger charge is -2.49. The van der Waals surface area contributed by atoms with Gasteiger partial charge in [0.05, 0.1) is 16.3 Å². The van der Waals surface area contributed by atoms with Gasteiger partial charge in [0.2, 0.25) is 0 Å². The monoisotopic (exact) mass is 392 g/mol. The summed E-state index contributed by atoms with van der Waals surface area (Å²) in [5, 5.41) is 0.968. The van der Waals surface area contributed by atoms with E-state index in [0.29, 0.717) is 6.04 Å². The van der Waals surface area contributed by atoms with Crippen LogP contribution in [-0.2, 0) is 4.74 Å². The summed E-state index contributed by atoms with van der Waals surface area (Å²) in [7, 11) is 2.21. The fourth-order valence-electron chi connectivity index (χ4n) is 4.84. The molecule has 7 heteroatoms. The van der Waals surface area contributed by atoms with E-state index in [-0.39, 0.29) is 11.5 Å². The Morgan fingerprint density at radius 3 is 2.48 bits per heavy atom. The highest BCUT2D eigenvalue weighted by Gasteiger charge is 2.43. The minimum atomic E-state index is -0.0261. The van der Waals surface area contributed by atoms with Crippen LogP contribution in [0, 0.1) is 13.8 Å². The number of piperazine rings is 1. The van der Waals surface area contributed by atoms with Crippen molar-refractivity contribution in [3.8, 4) is 0 Å². The summed E-state index contributed by atoms with van der Waals surface area (Å²) < 4.78 is 6.33. The third-order valence-corrected chi connectivity index (χ3v) is 7.64. The summed E-state index contributed by atoms with van der Waals surface area (Å²) >= 11 is 1.52. The third-order valence-electron chi connectivity index (χ3n) is 6.58. The van der Waals surface area contributed by atoms with Crippen LogP contribution in [0.5, 0.6) is 0 Å². The second-order valence-corrected chi connectivity index (χ2v) is 9.66. The number of rotatable bonds is 2. The topological polar surface area (TPSA) is 48.9 Å². The number of hydrogen-bond acceptors (Lipinski definition) is 6. The molecule has 3 saturated heterocycles. The van der Waals surface area contributed by atoms with Crippen molar-refractivity contribution >= 4 is 17.2 Å². The summed E-state index contributed by atoms with van der Waals surface area (Å²) in [6.45, 7) is 11.0. The minimum absolute atomic E-state index is 0.0261. The predicted molar refractivity (Wildman–Crippen MR) is 108 cm³/mol. The molecule has 3 aliphatic heterocycles. The molecule has 27 heavy (non-hydrogen) atoms. The summed E-state index contributed by atoms with van der Waals surface area (Å²) in [5.41, 5.74) is 0.841. The van der Waals surface area contributed by atoms with Crippen LogP contribution in [0.25, 0.3) is 0 Å². The van der Waals surface area contributed by atoms with Crippen LogP contribution in [0.15, 0.2) is 0 Å². The Morgan fingerprint density at radius 2 is 1.85 bits per heavy atom. The number of piperidine rings is 1. The van der Waals surface area contributed by atoms with E-state index in [2.05, 4.69) is 21.8 Å². The minimum Gasteiger partial charge on any atom is -0.375 e. The number of likely N-dealkylation sites (tertiary alicyclic amines) is 1. The van der Waals surface area contributed by atoms with Crippen LogP contribution in [0.4, 0.5) is 0 Å². The first-order valence-electron chi connectivity index (χ1n) is 10.3. The molecule has 0 aliphatic carbocycles. The molecule has 3 aliphatic rings. The van der Waals surface area contributed by atoms with Gasteiger partial charge in [-0.25, -0.2) is 4.98 Å². The van der Waals surface area contributed by atoms with E-state index in [4.69, 9.17) is 4.74 Å². The molecule has 1 spiro atoms. The average Bonchev–Trinajstić information content (AvgIpc) is 3.01. The second kappa shape index (κ2) is 7.78. The lowest BCUT2D eigenvalue weighted by atomic mass is 9.81. The number of carbonyl (C=O) groups excluding carboxylic acids is 1. The van der Waals surface area contributed by atoms with E-state index >= 15 is 0 Å². The van der Waals surface area contributed by atoms with Gasteiger partial charge in [-0.2, -0.15) is 0 Å². The molecule has 0 bridgehead atoms. The molecule has 0 N–H and O–H groups in total. The molecule has 150 valence electrons. The lowest BCUT2D eigenvalue weighted by molar-refractivity contribution is -0.132. The van der Waals surface area contributed by atoms with Crippen molar-refractivity contribution in [1.29, 1.82) is 0 Å². The Kier molecular flexibility index (Phi) is 5.56. The predicted octanol–water partition coefficient (Wildman–Crippen LogP) is 2.16. The van der Waals surface area contributed by atoms with Crippen molar-refractivity contribution in [2.24, 2.45) is 0 Å². The van der Waals surface area contributed by atoms with Gasteiger partial charge >= 0.3 is 0 Å². The third kappa shape index (κ3) is 4.06. The van der Waals surface area contributed by atoms with Gasteiger partial charge in [0.1, 0.15) is 4.88 Å². The van der Waals surface area contributed by atoms with Crippen LogP contribution in [0.1, 0.15) is 46.1 Å². The van der Waals surface area contributed by atoms with Crippen LogP contribution in [-0.4, -0.2) is 90.2 Å². The fourth-order valence-corrected chi connectivity index (χ4v) is 5.73. The highest BCUT2D eigenvalue weighted by atomic mass is 32.1. The molecule has 1 atom stereocenters. The number of thiazole rings is 1. The van der Waals surface area contributed by atoms with E-state index in [0.717, 1.165) is 61.0 Å². The molecule has 3 fully saturated rings. The maximum absolute atomic E-state index is 12.9. The van der Waals surface area contributed by atoms with E-state index < -0.39 is 0 Å². The molecular weight excluding hydrogens is 360 g/mol. The maximum atomic E-state index is 12.9. The van der Waals surface area contributed by atoms with Crippen LogP contribution in [0.2, 0.25) is 0 Å². The SMILES string of the molecule is Cc1nc(C)c(C(=O)N2CCC3(CC2)CC(N2CCN(C)CC2)CCO3)s1. The van der Waals surface area contributed by atoms with Gasteiger partial charge in [-0.1, -0.05) is 0 Å². The van der Waals surface area contributed by atoms with Crippen molar-refractivity contribution < 1.29 is 9.53 Å². The van der Waals surface area contributed by atoms with Gasteiger partial charge in [-0.3, -0.25) is 9.69 Å². The number of amides is 1. The van der Waals surface area contributed by atoms with E-state index in [9.17, 15) is 4.79 Å². The quantitative estimate of drug-likeness (QED) is 0.772. The second-order valence-electron chi connectivity index (χ2n) is 8.46. The number of aryl methyl sites for hydroxylation is 2. The van der Waals surface area contributed by atoms with E-state index in [1.807, 2.05) is 18.7 Å². The van der Waals surface area contributed by atoms with E-state index in [1.165, 1.54) is 37.5 Å². The first-order chi connectivity index (χ1) is 13.0. The lowest BCUT2D eigenvalue weighted by Crippen LogP contribution is -2.57. The van der Waals surface area contributed by atoms with Gasteiger partial charge in [-0.15, -0.1) is 11.3 Å². The van der Waals surface area contributed by atoms with Gasteiger partial charge in [0, 0.05) is 51.9 Å². The summed E-state index contributed by atoms with van der Waals surface area (Å²) in [4.78, 5) is 25.2. The molecule has 6 nitrogen and oxygen atoms in total. The van der Waals surface area contributed by atoms with Crippen molar-refractivity contribution in [1.82, 2.24) is 19.7 Å². The Morgan fingerprint density at radius 1 is 1.15 bits per heavy atom. The van der Waals surface area contributed by atoms with Crippen molar-refractivity contribution in [2.75, 3.05) is 52.9 Å². The normalized spacial score (nSPS) is 27.2. The molecule has 0 radical (unpaired) electrons. The fraction of sp³-hybridized carbons (Fsp3) is 0.800. The Labute approximate surface area is 166 Å². The number of nitrogens with zero attached hydrogens (tertiary/aromatic N) is 4. The molecule has 0 saturated carbocycles. The number of ether oxygens (including phenoxy) is 1. The Balaban J connectivity index is 1.36. The standard InChI is InChI=1S/C20H32N4O2S/c1-15-18(27-16(2)21-15)19(25)24-7-5-20(6-8-24)14-17(4-13-26-20)23-11-9-22(3)10-12-23/h17H,4-14H2,1-3H3. The zero-order valence-corrected chi connectivity index (χ0v) is 17.7.